The Bertz CT molecular complexity index is 1040. The second kappa shape index (κ2) is 12.0. The lowest BCUT2D eigenvalue weighted by atomic mass is 10.1. The van der Waals surface area contributed by atoms with Crippen LogP contribution in [0.3, 0.4) is 0 Å². The first kappa shape index (κ1) is 23.5. The summed E-state index contributed by atoms with van der Waals surface area (Å²) in [7, 11) is 2.83. The molecule has 32 heavy (non-hydrogen) atoms. The number of fused-ring (bicyclic) bond motifs is 1. The van der Waals surface area contributed by atoms with Crippen molar-refractivity contribution in [1.82, 2.24) is 4.57 Å². The predicted molar refractivity (Wildman–Crippen MR) is 124 cm³/mol. The molecular formula is C26H33N2O4+. The van der Waals surface area contributed by atoms with Crippen molar-refractivity contribution in [2.75, 3.05) is 14.2 Å². The summed E-state index contributed by atoms with van der Waals surface area (Å²) in [5.41, 5.74) is 2.30. The fraction of sp³-hybridized carbons (Fsp3) is 0.423. The van der Waals surface area contributed by atoms with Gasteiger partial charge in [0, 0.05) is 29.9 Å². The Hall–Kier alpha value is -3.15. The normalized spacial score (nSPS) is 10.9. The minimum Gasteiger partial charge on any atom is -0.465 e. The van der Waals surface area contributed by atoms with Crippen LogP contribution in [-0.4, -0.2) is 30.7 Å². The van der Waals surface area contributed by atoms with Crippen molar-refractivity contribution in [3.05, 3.63) is 66.1 Å². The van der Waals surface area contributed by atoms with Crippen molar-refractivity contribution in [3.63, 3.8) is 0 Å². The number of benzene rings is 1. The maximum absolute atomic E-state index is 12.1. The molecule has 0 fully saturated rings. The fourth-order valence-electron chi connectivity index (χ4n) is 4.07. The molecule has 0 saturated carbocycles. The molecule has 0 N–H and O–H groups in total. The Labute approximate surface area is 189 Å². The van der Waals surface area contributed by atoms with E-state index in [0.717, 1.165) is 43.3 Å². The lowest BCUT2D eigenvalue weighted by Crippen LogP contribution is -2.33. The number of ether oxygens (including phenoxy) is 2. The van der Waals surface area contributed by atoms with Crippen LogP contribution in [0.4, 0.5) is 0 Å². The number of carbonyl (C=O) groups is 2. The molecule has 0 spiro atoms. The summed E-state index contributed by atoms with van der Waals surface area (Å²) in [5.74, 6) is -0.581. The number of hydrogen-bond acceptors (Lipinski definition) is 4. The van der Waals surface area contributed by atoms with E-state index in [2.05, 4.69) is 10.6 Å². The van der Waals surface area contributed by atoms with Gasteiger partial charge in [-0.25, -0.2) is 14.2 Å². The first-order valence-corrected chi connectivity index (χ1v) is 11.4. The number of aromatic nitrogens is 2. The van der Waals surface area contributed by atoms with Gasteiger partial charge in [0.1, 0.15) is 17.8 Å². The topological polar surface area (TPSA) is 61.4 Å². The number of para-hydroxylation sites is 1. The number of pyridine rings is 1. The van der Waals surface area contributed by atoms with Gasteiger partial charge in [-0.2, -0.15) is 0 Å². The van der Waals surface area contributed by atoms with Crippen LogP contribution in [0.25, 0.3) is 10.9 Å². The molecule has 0 radical (unpaired) electrons. The average molecular weight is 438 g/mol. The van der Waals surface area contributed by atoms with Gasteiger partial charge in [-0.05, 0) is 31.0 Å². The minimum absolute atomic E-state index is 0.281. The third-order valence-corrected chi connectivity index (χ3v) is 5.78. The molecule has 3 aromatic rings. The Kier molecular flexibility index (Phi) is 8.84. The van der Waals surface area contributed by atoms with E-state index in [0.29, 0.717) is 11.3 Å². The molecule has 0 bridgehead atoms. The zero-order valence-corrected chi connectivity index (χ0v) is 19.1. The highest BCUT2D eigenvalue weighted by molar-refractivity contribution is 5.95. The van der Waals surface area contributed by atoms with E-state index < -0.39 is 0 Å². The largest absolute Gasteiger partial charge is 0.465 e. The molecule has 170 valence electrons. The molecule has 0 unspecified atom stereocenters. The summed E-state index contributed by atoms with van der Waals surface area (Å²) in [4.78, 5) is 23.8. The molecule has 0 saturated heterocycles. The zero-order valence-electron chi connectivity index (χ0n) is 19.1. The Morgan fingerprint density at radius 2 is 1.53 bits per heavy atom. The van der Waals surface area contributed by atoms with Crippen LogP contribution in [0.1, 0.15) is 65.8 Å². The molecule has 0 atom stereocenters. The van der Waals surface area contributed by atoms with E-state index in [1.807, 2.05) is 47.3 Å². The molecular weight excluding hydrogens is 404 g/mol. The van der Waals surface area contributed by atoms with Crippen molar-refractivity contribution in [1.29, 1.82) is 0 Å². The Morgan fingerprint density at radius 1 is 0.844 bits per heavy atom. The minimum atomic E-state index is -0.300. The zero-order chi connectivity index (χ0) is 22.8. The highest BCUT2D eigenvalue weighted by Crippen LogP contribution is 2.21. The summed E-state index contributed by atoms with van der Waals surface area (Å²) in [5, 5.41) is 1.07. The van der Waals surface area contributed by atoms with Gasteiger partial charge in [-0.3, -0.25) is 0 Å². The van der Waals surface area contributed by atoms with E-state index in [4.69, 9.17) is 9.47 Å². The van der Waals surface area contributed by atoms with Crippen LogP contribution in [0.5, 0.6) is 0 Å². The third kappa shape index (κ3) is 6.19. The molecule has 0 amide bonds. The van der Waals surface area contributed by atoms with Gasteiger partial charge in [0.15, 0.2) is 12.4 Å². The number of aryl methyl sites for hydroxylation is 2. The van der Waals surface area contributed by atoms with Crippen molar-refractivity contribution >= 4 is 22.8 Å². The van der Waals surface area contributed by atoms with Crippen LogP contribution in [0, 0.1) is 0 Å². The summed E-state index contributed by atoms with van der Waals surface area (Å²) in [6, 6.07) is 13.6. The highest BCUT2D eigenvalue weighted by Gasteiger charge is 2.15. The standard InChI is InChI=1S/C26H33N2O4/c1-31-25(29)22-14-12-17-27(20-22)16-10-6-4-3-5-7-11-18-28-23-15-9-8-13-21(23)19-24(28)26(30)32-2/h8-9,12-15,17,19-20H,3-7,10-11,16,18H2,1-2H3/q+1. The van der Waals surface area contributed by atoms with Gasteiger partial charge < -0.3 is 14.0 Å². The van der Waals surface area contributed by atoms with Crippen LogP contribution >= 0.6 is 0 Å². The van der Waals surface area contributed by atoms with E-state index in [1.165, 1.54) is 39.9 Å². The number of hydrogen-bond donors (Lipinski definition) is 0. The van der Waals surface area contributed by atoms with E-state index in [9.17, 15) is 9.59 Å². The lowest BCUT2D eigenvalue weighted by Gasteiger charge is -2.09. The first-order valence-electron chi connectivity index (χ1n) is 11.4. The lowest BCUT2D eigenvalue weighted by molar-refractivity contribution is -0.697. The molecule has 6 nitrogen and oxygen atoms in total. The van der Waals surface area contributed by atoms with E-state index >= 15 is 0 Å². The first-order chi connectivity index (χ1) is 15.6. The average Bonchev–Trinajstić information content (AvgIpc) is 3.20. The second-order valence-corrected chi connectivity index (χ2v) is 8.03. The number of esters is 2. The van der Waals surface area contributed by atoms with Gasteiger partial charge in [0.2, 0.25) is 0 Å². The third-order valence-electron chi connectivity index (χ3n) is 5.78. The van der Waals surface area contributed by atoms with Gasteiger partial charge in [0.05, 0.1) is 14.2 Å². The maximum Gasteiger partial charge on any atom is 0.354 e. The monoisotopic (exact) mass is 437 g/mol. The van der Waals surface area contributed by atoms with E-state index in [1.54, 1.807) is 6.07 Å². The SMILES string of the molecule is COC(=O)c1ccc[n+](CCCCCCCCCn2c(C(=O)OC)cc3ccccc32)c1. The fourth-order valence-corrected chi connectivity index (χ4v) is 4.07. The van der Waals surface area contributed by atoms with Crippen molar-refractivity contribution in [3.8, 4) is 0 Å². The Balaban J connectivity index is 1.35. The number of methoxy groups -OCH3 is 2. The summed E-state index contributed by atoms with van der Waals surface area (Å²) in [6.45, 7) is 1.73. The summed E-state index contributed by atoms with van der Waals surface area (Å²) >= 11 is 0. The maximum atomic E-state index is 12.1. The molecule has 0 aliphatic heterocycles. The number of carbonyl (C=O) groups excluding carboxylic acids is 2. The van der Waals surface area contributed by atoms with Crippen LogP contribution in [0.15, 0.2) is 54.9 Å². The number of nitrogens with zero attached hydrogens (tertiary/aromatic N) is 2. The number of rotatable bonds is 12. The molecule has 0 aliphatic carbocycles. The quantitative estimate of drug-likeness (QED) is 0.229. The molecule has 2 heterocycles. The van der Waals surface area contributed by atoms with Crippen molar-refractivity contribution < 1.29 is 23.6 Å². The van der Waals surface area contributed by atoms with Crippen LogP contribution in [-0.2, 0) is 22.6 Å². The molecule has 6 heteroatoms. The van der Waals surface area contributed by atoms with Gasteiger partial charge in [-0.1, -0.05) is 43.9 Å². The molecule has 1 aromatic carbocycles. The van der Waals surface area contributed by atoms with E-state index in [-0.39, 0.29) is 11.9 Å². The summed E-state index contributed by atoms with van der Waals surface area (Å²) in [6.07, 6.45) is 11.9. The molecule has 3 rings (SSSR count). The highest BCUT2D eigenvalue weighted by atomic mass is 16.5. The second-order valence-electron chi connectivity index (χ2n) is 8.03. The molecule has 0 aliphatic rings. The van der Waals surface area contributed by atoms with Gasteiger partial charge in [-0.15, -0.1) is 0 Å². The van der Waals surface area contributed by atoms with Gasteiger partial charge >= 0.3 is 11.9 Å². The van der Waals surface area contributed by atoms with Crippen LogP contribution in [0.2, 0.25) is 0 Å². The smallest absolute Gasteiger partial charge is 0.354 e. The van der Waals surface area contributed by atoms with Crippen molar-refractivity contribution in [2.24, 2.45) is 0 Å². The van der Waals surface area contributed by atoms with Crippen molar-refractivity contribution in [2.45, 2.75) is 58.0 Å². The number of unbranched alkanes of at least 4 members (excludes halogenated alkanes) is 6. The van der Waals surface area contributed by atoms with Crippen LogP contribution < -0.4 is 4.57 Å². The van der Waals surface area contributed by atoms with Gasteiger partial charge in [0.25, 0.3) is 0 Å². The Morgan fingerprint density at radius 3 is 2.28 bits per heavy atom. The molecule has 2 aromatic heterocycles. The summed E-state index contributed by atoms with van der Waals surface area (Å²) < 4.78 is 13.9. The predicted octanol–water partition coefficient (Wildman–Crippen LogP) is 4.93.